The summed E-state index contributed by atoms with van der Waals surface area (Å²) in [7, 11) is 0. The standard InChI is InChI=1S/C20H21ClN4O2S.C2H6/c1-14-12-15(17(21)13-18(14)25(26)27)6-7-23-8-10-24(11-9-23)20-16-4-2-3-5-19(16)28-22-20;1-2/h2-5,12-13H,6-11H2,1H3;1-2H3. The van der Waals surface area contributed by atoms with Crippen LogP contribution >= 0.6 is 23.1 Å². The van der Waals surface area contributed by atoms with Crippen LogP contribution in [0.1, 0.15) is 25.0 Å². The molecule has 3 aromatic rings. The Hall–Kier alpha value is -2.22. The van der Waals surface area contributed by atoms with Crippen LogP contribution in [0.2, 0.25) is 5.02 Å². The molecule has 0 spiro atoms. The first-order chi connectivity index (χ1) is 14.5. The van der Waals surface area contributed by atoms with Crippen LogP contribution in [0.15, 0.2) is 36.4 Å². The predicted octanol–water partition coefficient (Wildman–Crippen LogP) is 5.56. The predicted molar refractivity (Wildman–Crippen MR) is 126 cm³/mol. The normalized spacial score (nSPS) is 14.5. The number of rotatable bonds is 5. The molecular formula is C22H27ClN4O2S. The van der Waals surface area contributed by atoms with Gasteiger partial charge in [0, 0.05) is 49.7 Å². The van der Waals surface area contributed by atoms with Gasteiger partial charge in [0.15, 0.2) is 0 Å². The number of anilines is 1. The van der Waals surface area contributed by atoms with Gasteiger partial charge in [0.25, 0.3) is 5.69 Å². The van der Waals surface area contributed by atoms with Crippen LogP contribution in [0.3, 0.4) is 0 Å². The average molecular weight is 447 g/mol. The van der Waals surface area contributed by atoms with Crippen LogP contribution in [0, 0.1) is 17.0 Å². The fourth-order valence-electron chi connectivity index (χ4n) is 3.68. The molecule has 0 amide bonds. The van der Waals surface area contributed by atoms with E-state index in [9.17, 15) is 10.1 Å². The summed E-state index contributed by atoms with van der Waals surface area (Å²) in [5.74, 6) is 1.09. The van der Waals surface area contributed by atoms with Crippen molar-refractivity contribution in [1.82, 2.24) is 9.27 Å². The van der Waals surface area contributed by atoms with E-state index in [-0.39, 0.29) is 10.6 Å². The van der Waals surface area contributed by atoms with Gasteiger partial charge in [-0.05, 0) is 48.6 Å². The van der Waals surface area contributed by atoms with Crippen LogP contribution in [0.4, 0.5) is 11.5 Å². The molecule has 2 aromatic carbocycles. The second kappa shape index (κ2) is 10.2. The lowest BCUT2D eigenvalue weighted by molar-refractivity contribution is -0.385. The highest BCUT2D eigenvalue weighted by Gasteiger charge is 2.21. The molecular weight excluding hydrogens is 420 g/mol. The molecule has 1 aromatic heterocycles. The Morgan fingerprint density at radius 2 is 1.87 bits per heavy atom. The Labute approximate surface area is 186 Å². The largest absolute Gasteiger partial charge is 0.353 e. The molecule has 1 saturated heterocycles. The minimum atomic E-state index is -0.383. The molecule has 8 heteroatoms. The highest BCUT2D eigenvalue weighted by Crippen LogP contribution is 2.30. The number of fused-ring (bicyclic) bond motifs is 1. The molecule has 0 N–H and O–H groups in total. The summed E-state index contributed by atoms with van der Waals surface area (Å²) < 4.78 is 5.88. The van der Waals surface area contributed by atoms with E-state index in [4.69, 9.17) is 11.6 Å². The molecule has 0 unspecified atom stereocenters. The van der Waals surface area contributed by atoms with Crippen molar-refractivity contribution in [2.24, 2.45) is 0 Å². The van der Waals surface area contributed by atoms with Gasteiger partial charge in [-0.2, -0.15) is 4.37 Å². The number of nitro benzene ring substituents is 1. The third kappa shape index (κ3) is 4.91. The van der Waals surface area contributed by atoms with Gasteiger partial charge in [0.2, 0.25) is 0 Å². The molecule has 0 bridgehead atoms. The summed E-state index contributed by atoms with van der Waals surface area (Å²) in [6, 6.07) is 11.7. The Kier molecular flexibility index (Phi) is 7.64. The Balaban J connectivity index is 0.00000124. The van der Waals surface area contributed by atoms with Gasteiger partial charge in [0.05, 0.1) is 14.6 Å². The molecule has 30 heavy (non-hydrogen) atoms. The van der Waals surface area contributed by atoms with E-state index in [0.717, 1.165) is 50.5 Å². The zero-order valence-electron chi connectivity index (χ0n) is 17.6. The van der Waals surface area contributed by atoms with Gasteiger partial charge in [0.1, 0.15) is 5.82 Å². The minimum Gasteiger partial charge on any atom is -0.353 e. The summed E-state index contributed by atoms with van der Waals surface area (Å²) in [4.78, 5) is 15.4. The zero-order chi connectivity index (χ0) is 21.7. The maximum absolute atomic E-state index is 11.0. The molecule has 1 aliphatic heterocycles. The van der Waals surface area contributed by atoms with E-state index in [2.05, 4.69) is 32.4 Å². The SMILES string of the molecule is CC.Cc1cc(CCN2CCN(c3nsc4ccccc34)CC2)c(Cl)cc1[N+](=O)[O-]. The fourth-order valence-corrected chi connectivity index (χ4v) is 4.73. The number of nitrogens with zero attached hydrogens (tertiary/aromatic N) is 4. The van der Waals surface area contributed by atoms with Gasteiger partial charge < -0.3 is 4.90 Å². The number of aryl methyl sites for hydroxylation is 1. The highest BCUT2D eigenvalue weighted by atomic mass is 35.5. The topological polar surface area (TPSA) is 62.5 Å². The van der Waals surface area contributed by atoms with Gasteiger partial charge in [-0.25, -0.2) is 0 Å². The molecule has 160 valence electrons. The Bertz CT molecular complexity index is 1020. The van der Waals surface area contributed by atoms with Crippen LogP contribution in [-0.4, -0.2) is 46.9 Å². The van der Waals surface area contributed by atoms with E-state index >= 15 is 0 Å². The maximum Gasteiger partial charge on any atom is 0.273 e. The average Bonchev–Trinajstić information content (AvgIpc) is 3.20. The van der Waals surface area contributed by atoms with Crippen LogP contribution in [-0.2, 0) is 6.42 Å². The van der Waals surface area contributed by atoms with Gasteiger partial charge >= 0.3 is 0 Å². The van der Waals surface area contributed by atoms with Crippen molar-refractivity contribution < 1.29 is 4.92 Å². The quantitative estimate of drug-likeness (QED) is 0.379. The van der Waals surface area contributed by atoms with Crippen molar-refractivity contribution in [3.05, 3.63) is 62.7 Å². The summed E-state index contributed by atoms with van der Waals surface area (Å²) >= 11 is 7.83. The molecule has 1 fully saturated rings. The molecule has 2 heterocycles. The van der Waals surface area contributed by atoms with Crippen molar-refractivity contribution >= 4 is 44.7 Å². The third-order valence-electron chi connectivity index (χ3n) is 5.29. The second-order valence-electron chi connectivity index (χ2n) is 7.07. The van der Waals surface area contributed by atoms with Crippen LogP contribution < -0.4 is 4.90 Å². The van der Waals surface area contributed by atoms with E-state index in [1.807, 2.05) is 26.0 Å². The molecule has 0 atom stereocenters. The first-order valence-corrected chi connectivity index (χ1v) is 11.4. The van der Waals surface area contributed by atoms with Crippen molar-refractivity contribution in [3.63, 3.8) is 0 Å². The summed E-state index contributed by atoms with van der Waals surface area (Å²) in [6.07, 6.45) is 0.789. The molecule has 1 aliphatic rings. The Morgan fingerprint density at radius 3 is 2.57 bits per heavy atom. The number of hydrogen-bond donors (Lipinski definition) is 0. The van der Waals surface area contributed by atoms with E-state index < -0.39 is 0 Å². The van der Waals surface area contributed by atoms with Crippen LogP contribution in [0.25, 0.3) is 10.1 Å². The third-order valence-corrected chi connectivity index (χ3v) is 6.46. The molecule has 6 nitrogen and oxygen atoms in total. The maximum atomic E-state index is 11.0. The van der Waals surface area contributed by atoms with E-state index in [1.165, 1.54) is 16.2 Å². The number of hydrogen-bond acceptors (Lipinski definition) is 6. The summed E-state index contributed by atoms with van der Waals surface area (Å²) in [6.45, 7) is 10.5. The smallest absolute Gasteiger partial charge is 0.273 e. The summed E-state index contributed by atoms with van der Waals surface area (Å²) in [5.41, 5.74) is 1.71. The number of piperazine rings is 1. The Morgan fingerprint density at radius 1 is 1.17 bits per heavy atom. The van der Waals surface area contributed by atoms with E-state index in [0.29, 0.717) is 10.6 Å². The number of halogens is 1. The van der Waals surface area contributed by atoms with Crippen molar-refractivity contribution in [2.45, 2.75) is 27.2 Å². The molecule has 0 radical (unpaired) electrons. The van der Waals surface area contributed by atoms with Crippen molar-refractivity contribution in [1.29, 1.82) is 0 Å². The lowest BCUT2D eigenvalue weighted by Gasteiger charge is -2.35. The van der Waals surface area contributed by atoms with E-state index in [1.54, 1.807) is 18.5 Å². The van der Waals surface area contributed by atoms with Crippen molar-refractivity contribution in [3.8, 4) is 0 Å². The second-order valence-corrected chi connectivity index (χ2v) is 8.28. The number of nitro groups is 1. The molecule has 4 rings (SSSR count). The van der Waals surface area contributed by atoms with Crippen molar-refractivity contribution in [2.75, 3.05) is 37.6 Å². The highest BCUT2D eigenvalue weighted by molar-refractivity contribution is 7.13. The van der Waals surface area contributed by atoms with Gasteiger partial charge in [-0.3, -0.25) is 15.0 Å². The lowest BCUT2D eigenvalue weighted by atomic mass is 10.1. The summed E-state index contributed by atoms with van der Waals surface area (Å²) in [5, 5.41) is 12.7. The molecule has 0 saturated carbocycles. The zero-order valence-corrected chi connectivity index (χ0v) is 19.2. The van der Waals surface area contributed by atoms with Gasteiger partial charge in [-0.15, -0.1) is 0 Å². The lowest BCUT2D eigenvalue weighted by Crippen LogP contribution is -2.47. The first kappa shape index (κ1) is 22.5. The van der Waals surface area contributed by atoms with Gasteiger partial charge in [-0.1, -0.05) is 37.6 Å². The fraction of sp³-hybridized carbons (Fsp3) is 0.409. The van der Waals surface area contributed by atoms with Crippen LogP contribution in [0.5, 0.6) is 0 Å². The minimum absolute atomic E-state index is 0.0813. The number of aromatic nitrogens is 1. The molecule has 0 aliphatic carbocycles. The monoisotopic (exact) mass is 446 g/mol. The number of benzene rings is 2. The first-order valence-electron chi connectivity index (χ1n) is 10.3.